The first-order valence-electron chi connectivity index (χ1n) is 28.5. The van der Waals surface area contributed by atoms with Crippen molar-refractivity contribution in [2.75, 3.05) is 13.2 Å². The van der Waals surface area contributed by atoms with Gasteiger partial charge in [-0.1, -0.05) is 283 Å². The van der Waals surface area contributed by atoms with Crippen LogP contribution in [0.4, 0.5) is 0 Å². The minimum atomic E-state index is -0.850. The standard InChI is InChI=1S/C57H111NO5/c1-3-5-7-9-11-13-15-16-17-18-19-20-21-23-26-30-33-37-41-45-49-55(60)54(53-59)58-56(61)50-46-42-38-34-31-27-24-22-25-28-32-36-40-44-48-52-63-57(62)51-47-43-39-35-29-14-12-10-8-6-4-2/h45,49,54-55,59-60H,3-44,46-48,50-53H2,1-2H3,(H,58,61)/b49-45+. The summed E-state index contributed by atoms with van der Waals surface area (Å²) in [5.74, 6) is -0.0736. The monoisotopic (exact) mass is 890 g/mol. The lowest BCUT2D eigenvalue weighted by atomic mass is 10.0. The van der Waals surface area contributed by atoms with E-state index in [0.29, 0.717) is 19.4 Å². The smallest absolute Gasteiger partial charge is 0.305 e. The van der Waals surface area contributed by atoms with Crippen molar-refractivity contribution in [3.05, 3.63) is 12.2 Å². The van der Waals surface area contributed by atoms with Gasteiger partial charge in [0.1, 0.15) is 0 Å². The lowest BCUT2D eigenvalue weighted by molar-refractivity contribution is -0.143. The molecule has 0 radical (unpaired) electrons. The van der Waals surface area contributed by atoms with Crippen molar-refractivity contribution in [1.29, 1.82) is 0 Å². The van der Waals surface area contributed by atoms with Crippen molar-refractivity contribution in [3.8, 4) is 0 Å². The number of hydrogen-bond acceptors (Lipinski definition) is 5. The molecule has 2 atom stereocenters. The highest BCUT2D eigenvalue weighted by Gasteiger charge is 2.18. The summed E-state index contributed by atoms with van der Waals surface area (Å²) in [7, 11) is 0. The first kappa shape index (κ1) is 61.6. The third-order valence-corrected chi connectivity index (χ3v) is 13.3. The molecule has 2 unspecified atom stereocenters. The molecule has 0 aliphatic carbocycles. The number of ether oxygens (including phenoxy) is 1. The Labute approximate surface area is 393 Å². The fraction of sp³-hybridized carbons (Fsp3) is 0.930. The predicted molar refractivity (Wildman–Crippen MR) is 273 cm³/mol. The van der Waals surface area contributed by atoms with E-state index >= 15 is 0 Å². The highest BCUT2D eigenvalue weighted by molar-refractivity contribution is 5.76. The molecule has 63 heavy (non-hydrogen) atoms. The Morgan fingerprint density at radius 3 is 1.08 bits per heavy atom. The highest BCUT2D eigenvalue weighted by atomic mass is 16.5. The molecule has 6 nitrogen and oxygen atoms in total. The minimum absolute atomic E-state index is 0.000157. The van der Waals surface area contributed by atoms with Crippen LogP contribution in [0.5, 0.6) is 0 Å². The van der Waals surface area contributed by atoms with Crippen LogP contribution in [-0.4, -0.2) is 47.4 Å². The van der Waals surface area contributed by atoms with E-state index in [4.69, 9.17) is 4.74 Å². The number of aliphatic hydroxyl groups excluding tert-OH is 2. The van der Waals surface area contributed by atoms with Gasteiger partial charge in [0.2, 0.25) is 5.91 Å². The molecule has 1 amide bonds. The third-order valence-electron chi connectivity index (χ3n) is 13.3. The number of esters is 1. The molecule has 6 heteroatoms. The molecule has 0 aromatic rings. The van der Waals surface area contributed by atoms with Gasteiger partial charge in [-0.05, 0) is 32.1 Å². The second-order valence-corrected chi connectivity index (χ2v) is 19.6. The molecule has 0 saturated carbocycles. The average molecular weight is 891 g/mol. The van der Waals surface area contributed by atoms with Crippen LogP contribution >= 0.6 is 0 Å². The van der Waals surface area contributed by atoms with E-state index in [0.717, 1.165) is 44.9 Å². The summed E-state index contributed by atoms with van der Waals surface area (Å²) in [5, 5.41) is 23.2. The first-order valence-corrected chi connectivity index (χ1v) is 28.5. The van der Waals surface area contributed by atoms with Crippen LogP contribution in [0.25, 0.3) is 0 Å². The number of amides is 1. The molecule has 0 aliphatic heterocycles. The molecule has 0 aliphatic rings. The molecular formula is C57H111NO5. The molecular weight excluding hydrogens is 779 g/mol. The molecule has 0 bridgehead atoms. The Balaban J connectivity index is 3.47. The number of carbonyl (C=O) groups excluding carboxylic acids is 2. The Bertz CT molecular complexity index is 939. The van der Waals surface area contributed by atoms with E-state index in [9.17, 15) is 19.8 Å². The maximum atomic E-state index is 12.5. The van der Waals surface area contributed by atoms with Crippen LogP contribution in [0.15, 0.2) is 12.2 Å². The van der Waals surface area contributed by atoms with E-state index in [1.54, 1.807) is 6.08 Å². The van der Waals surface area contributed by atoms with Crippen LogP contribution in [0.1, 0.15) is 316 Å². The number of rotatable bonds is 53. The average Bonchev–Trinajstić information content (AvgIpc) is 3.28. The van der Waals surface area contributed by atoms with Crippen LogP contribution in [0.2, 0.25) is 0 Å². The first-order chi connectivity index (χ1) is 31.0. The SMILES string of the molecule is CCCCCCCCCCCCCCCCCCCC/C=C/C(O)C(CO)NC(=O)CCCCCCCCCCCCCCCCCOC(=O)CCCCCCCCCCCCC. The zero-order valence-electron chi connectivity index (χ0n) is 42.6. The van der Waals surface area contributed by atoms with E-state index in [-0.39, 0.29) is 18.5 Å². The van der Waals surface area contributed by atoms with E-state index in [1.165, 1.54) is 244 Å². The molecule has 0 saturated heterocycles. The fourth-order valence-electron chi connectivity index (χ4n) is 8.93. The lowest BCUT2D eigenvalue weighted by Crippen LogP contribution is -2.45. The number of carbonyl (C=O) groups is 2. The third kappa shape index (κ3) is 49.9. The summed E-state index contributed by atoms with van der Waals surface area (Å²) >= 11 is 0. The summed E-state index contributed by atoms with van der Waals surface area (Å²) in [5.41, 5.74) is 0. The van der Waals surface area contributed by atoms with Crippen molar-refractivity contribution in [1.82, 2.24) is 5.32 Å². The molecule has 0 aromatic heterocycles. The molecule has 0 rings (SSSR count). The van der Waals surface area contributed by atoms with Gasteiger partial charge in [-0.2, -0.15) is 0 Å². The van der Waals surface area contributed by atoms with E-state index in [1.807, 2.05) is 6.08 Å². The van der Waals surface area contributed by atoms with Crippen molar-refractivity contribution in [3.63, 3.8) is 0 Å². The molecule has 0 heterocycles. The van der Waals surface area contributed by atoms with Gasteiger partial charge in [-0.3, -0.25) is 9.59 Å². The summed E-state index contributed by atoms with van der Waals surface area (Å²) in [4.78, 5) is 24.5. The van der Waals surface area contributed by atoms with Crippen LogP contribution < -0.4 is 5.32 Å². The van der Waals surface area contributed by atoms with Gasteiger partial charge < -0.3 is 20.3 Å². The summed E-state index contributed by atoms with van der Waals surface area (Å²) < 4.78 is 5.45. The van der Waals surface area contributed by atoms with E-state index in [2.05, 4.69) is 19.2 Å². The zero-order chi connectivity index (χ0) is 45.8. The Morgan fingerprint density at radius 1 is 0.429 bits per heavy atom. The van der Waals surface area contributed by atoms with Crippen molar-refractivity contribution < 1.29 is 24.5 Å². The number of hydrogen-bond donors (Lipinski definition) is 3. The van der Waals surface area contributed by atoms with Gasteiger partial charge >= 0.3 is 5.97 Å². The summed E-state index contributed by atoms with van der Waals surface area (Å²) in [6, 6.07) is -0.634. The largest absolute Gasteiger partial charge is 0.466 e. The van der Waals surface area contributed by atoms with Gasteiger partial charge in [0.05, 0.1) is 25.4 Å². The Kier molecular flexibility index (Phi) is 52.0. The van der Waals surface area contributed by atoms with Gasteiger partial charge in [-0.15, -0.1) is 0 Å². The molecule has 0 aromatic carbocycles. The minimum Gasteiger partial charge on any atom is -0.466 e. The van der Waals surface area contributed by atoms with Gasteiger partial charge in [0.25, 0.3) is 0 Å². The second kappa shape index (κ2) is 53.2. The molecule has 374 valence electrons. The zero-order valence-corrected chi connectivity index (χ0v) is 42.6. The second-order valence-electron chi connectivity index (χ2n) is 19.6. The van der Waals surface area contributed by atoms with Gasteiger partial charge in [0.15, 0.2) is 0 Å². The van der Waals surface area contributed by atoms with E-state index < -0.39 is 12.1 Å². The Morgan fingerprint density at radius 2 is 0.730 bits per heavy atom. The number of allylic oxidation sites excluding steroid dienone is 1. The number of unbranched alkanes of at least 4 members (excludes halogenated alkanes) is 42. The van der Waals surface area contributed by atoms with Crippen molar-refractivity contribution >= 4 is 11.9 Å². The lowest BCUT2D eigenvalue weighted by Gasteiger charge is -2.20. The normalized spacial score (nSPS) is 12.6. The summed E-state index contributed by atoms with van der Waals surface area (Å²) in [6.45, 7) is 4.90. The van der Waals surface area contributed by atoms with Gasteiger partial charge in [0, 0.05) is 12.8 Å². The quantitative estimate of drug-likeness (QED) is 0.0321. The fourth-order valence-corrected chi connectivity index (χ4v) is 8.93. The maximum absolute atomic E-state index is 12.5. The number of aliphatic hydroxyl groups is 2. The maximum Gasteiger partial charge on any atom is 0.305 e. The van der Waals surface area contributed by atoms with Crippen LogP contribution in [-0.2, 0) is 14.3 Å². The van der Waals surface area contributed by atoms with Crippen molar-refractivity contribution in [2.24, 2.45) is 0 Å². The molecule has 0 fully saturated rings. The summed E-state index contributed by atoms with van der Waals surface area (Å²) in [6.07, 6.45) is 62.2. The highest BCUT2D eigenvalue weighted by Crippen LogP contribution is 2.17. The van der Waals surface area contributed by atoms with Crippen LogP contribution in [0.3, 0.4) is 0 Å². The van der Waals surface area contributed by atoms with Crippen molar-refractivity contribution in [2.45, 2.75) is 328 Å². The topological polar surface area (TPSA) is 95.9 Å². The molecule has 0 spiro atoms. The Hall–Kier alpha value is -1.40. The predicted octanol–water partition coefficient (Wildman–Crippen LogP) is 17.3. The van der Waals surface area contributed by atoms with Crippen LogP contribution in [0, 0.1) is 0 Å². The number of nitrogens with one attached hydrogen (secondary N) is 1. The van der Waals surface area contributed by atoms with Gasteiger partial charge in [-0.25, -0.2) is 0 Å². The molecule has 3 N–H and O–H groups in total.